The smallest absolute Gasteiger partial charge is 0.512 e. The van der Waals surface area contributed by atoms with Gasteiger partial charge >= 0.3 is 13.5 Å². The van der Waals surface area contributed by atoms with Gasteiger partial charge in [0.05, 0.1) is 6.10 Å². The van der Waals surface area contributed by atoms with Gasteiger partial charge in [0.1, 0.15) is 17.1 Å². The van der Waals surface area contributed by atoms with Crippen LogP contribution in [0.2, 0.25) is 0 Å². The first-order chi connectivity index (χ1) is 8.20. The van der Waals surface area contributed by atoms with E-state index in [1.165, 1.54) is 0 Å². The maximum absolute atomic E-state index is 12.8. The summed E-state index contributed by atoms with van der Waals surface area (Å²) in [6.07, 6.45) is -5.04. The van der Waals surface area contributed by atoms with Gasteiger partial charge in [0, 0.05) is 0 Å². The van der Waals surface area contributed by atoms with E-state index in [1.54, 1.807) is 13.8 Å². The lowest BCUT2D eigenvalue weighted by Gasteiger charge is -2.17. The van der Waals surface area contributed by atoms with Gasteiger partial charge in [0.25, 0.3) is 0 Å². The molecule has 0 saturated heterocycles. The minimum absolute atomic E-state index is 0.312. The zero-order chi connectivity index (χ0) is 13.9. The van der Waals surface area contributed by atoms with E-state index in [0.29, 0.717) is 6.07 Å². The molecule has 1 aromatic rings. The monoisotopic (exact) mass is 264 g/mol. The van der Waals surface area contributed by atoms with E-state index < -0.39 is 25.2 Å². The van der Waals surface area contributed by atoms with E-state index in [4.69, 9.17) is 14.8 Å². The Bertz CT molecular complexity index is 407. The van der Waals surface area contributed by atoms with Crippen LogP contribution in [-0.2, 0) is 6.18 Å². The molecule has 1 aromatic carbocycles. The summed E-state index contributed by atoms with van der Waals surface area (Å²) < 4.78 is 47.7. The minimum Gasteiger partial charge on any atom is -0.512 e. The molecule has 0 aliphatic carbocycles. The van der Waals surface area contributed by atoms with Gasteiger partial charge in [0.15, 0.2) is 0 Å². The van der Waals surface area contributed by atoms with Crippen LogP contribution in [0.25, 0.3) is 0 Å². The first-order valence-electron chi connectivity index (χ1n) is 5.11. The van der Waals surface area contributed by atoms with Crippen molar-refractivity contribution in [2.24, 2.45) is 0 Å². The molecule has 4 nitrogen and oxygen atoms in total. The number of alkyl halides is 3. The van der Waals surface area contributed by atoms with Crippen LogP contribution >= 0.6 is 0 Å². The van der Waals surface area contributed by atoms with E-state index in [0.717, 1.165) is 12.1 Å². The van der Waals surface area contributed by atoms with Crippen LogP contribution in [0.5, 0.6) is 11.5 Å². The Morgan fingerprint density at radius 3 is 2.28 bits per heavy atom. The molecule has 0 unspecified atom stereocenters. The average Bonchev–Trinajstić information content (AvgIpc) is 2.17. The van der Waals surface area contributed by atoms with Gasteiger partial charge in [-0.15, -0.1) is 0 Å². The van der Waals surface area contributed by atoms with Crippen LogP contribution in [0.15, 0.2) is 18.2 Å². The lowest BCUT2D eigenvalue weighted by Crippen LogP contribution is -2.21. The lowest BCUT2D eigenvalue weighted by molar-refractivity contribution is -0.139. The summed E-state index contributed by atoms with van der Waals surface area (Å²) in [6.45, 7) is 3.20. The third-order valence-electron chi connectivity index (χ3n) is 1.86. The molecule has 0 aromatic heterocycles. The standard InChI is InChI=1S/C10H12BF3O4/c1-6(2)17-9-4-3-7(18-11(15)16)5-8(9)10(12,13)14/h3-6,15-16H,1-2H3. The molecule has 0 bridgehead atoms. The fraction of sp³-hybridized carbons (Fsp3) is 0.400. The molecule has 100 valence electrons. The lowest BCUT2D eigenvalue weighted by atomic mass is 10.1. The van der Waals surface area contributed by atoms with Crippen LogP contribution in [0, 0.1) is 0 Å². The van der Waals surface area contributed by atoms with E-state index >= 15 is 0 Å². The van der Waals surface area contributed by atoms with Crippen molar-refractivity contribution >= 4 is 7.32 Å². The molecule has 0 heterocycles. The van der Waals surface area contributed by atoms with Crippen molar-refractivity contribution in [2.75, 3.05) is 0 Å². The third kappa shape index (κ3) is 4.12. The molecule has 18 heavy (non-hydrogen) atoms. The van der Waals surface area contributed by atoms with Crippen LogP contribution in [-0.4, -0.2) is 23.5 Å². The molecule has 0 amide bonds. The fourth-order valence-corrected chi connectivity index (χ4v) is 1.28. The maximum atomic E-state index is 12.8. The van der Waals surface area contributed by atoms with Gasteiger partial charge in [-0.3, -0.25) is 0 Å². The van der Waals surface area contributed by atoms with E-state index in [2.05, 4.69) is 4.65 Å². The second-order valence-corrected chi connectivity index (χ2v) is 3.77. The molecule has 1 rings (SSSR count). The van der Waals surface area contributed by atoms with E-state index in [-0.39, 0.29) is 11.5 Å². The Labute approximate surface area is 102 Å². The Morgan fingerprint density at radius 2 is 1.83 bits per heavy atom. The second kappa shape index (κ2) is 5.49. The third-order valence-corrected chi connectivity index (χ3v) is 1.86. The zero-order valence-electron chi connectivity index (χ0n) is 9.73. The average molecular weight is 264 g/mol. The second-order valence-electron chi connectivity index (χ2n) is 3.77. The van der Waals surface area contributed by atoms with Crippen LogP contribution < -0.4 is 9.39 Å². The molecular weight excluding hydrogens is 252 g/mol. The predicted octanol–water partition coefficient (Wildman–Crippen LogP) is 1.84. The molecule has 2 N–H and O–H groups in total. The van der Waals surface area contributed by atoms with Crippen molar-refractivity contribution in [1.82, 2.24) is 0 Å². The molecule has 8 heteroatoms. The van der Waals surface area contributed by atoms with Gasteiger partial charge in [-0.05, 0) is 32.0 Å². The molecule has 0 saturated carbocycles. The van der Waals surface area contributed by atoms with Gasteiger partial charge in [-0.1, -0.05) is 0 Å². The molecule has 0 fully saturated rings. The van der Waals surface area contributed by atoms with Gasteiger partial charge in [-0.25, -0.2) is 0 Å². The number of ether oxygens (including phenoxy) is 1. The highest BCUT2D eigenvalue weighted by Crippen LogP contribution is 2.38. The Kier molecular flexibility index (Phi) is 4.47. The maximum Gasteiger partial charge on any atom is 0.707 e. The summed E-state index contributed by atoms with van der Waals surface area (Å²) in [5.74, 6) is -0.647. The fourth-order valence-electron chi connectivity index (χ4n) is 1.28. The SMILES string of the molecule is CC(C)Oc1ccc(OB(O)O)cc1C(F)(F)F. The normalized spacial score (nSPS) is 11.6. The zero-order valence-corrected chi connectivity index (χ0v) is 9.73. The first-order valence-corrected chi connectivity index (χ1v) is 5.11. The van der Waals surface area contributed by atoms with Gasteiger partial charge in [0.2, 0.25) is 0 Å². The highest BCUT2D eigenvalue weighted by Gasteiger charge is 2.35. The van der Waals surface area contributed by atoms with Gasteiger partial charge in [-0.2, -0.15) is 13.2 Å². The molecule has 0 atom stereocenters. The van der Waals surface area contributed by atoms with Crippen molar-refractivity contribution in [3.63, 3.8) is 0 Å². The predicted molar refractivity (Wildman–Crippen MR) is 58.0 cm³/mol. The minimum atomic E-state index is -4.62. The van der Waals surface area contributed by atoms with Crippen molar-refractivity contribution in [3.05, 3.63) is 23.8 Å². The Hall–Kier alpha value is -1.41. The Morgan fingerprint density at radius 1 is 1.22 bits per heavy atom. The molecule has 0 radical (unpaired) electrons. The number of hydrogen-bond donors (Lipinski definition) is 2. The summed E-state index contributed by atoms with van der Waals surface area (Å²) >= 11 is 0. The van der Waals surface area contributed by atoms with E-state index in [1.807, 2.05) is 0 Å². The topological polar surface area (TPSA) is 58.9 Å². The summed E-state index contributed by atoms with van der Waals surface area (Å²) in [5, 5.41) is 17.1. The quantitative estimate of drug-likeness (QED) is 0.814. The summed E-state index contributed by atoms with van der Waals surface area (Å²) in [5.41, 5.74) is -1.03. The molecule has 0 spiro atoms. The summed E-state index contributed by atoms with van der Waals surface area (Å²) in [4.78, 5) is 0. The largest absolute Gasteiger partial charge is 0.707 e. The number of hydrogen-bond acceptors (Lipinski definition) is 4. The summed E-state index contributed by atoms with van der Waals surface area (Å²) in [7, 11) is -2.18. The van der Waals surface area contributed by atoms with Crippen LogP contribution in [0.3, 0.4) is 0 Å². The molecular formula is C10H12BF3O4. The highest BCUT2D eigenvalue weighted by atomic mass is 19.4. The van der Waals surface area contributed by atoms with Crippen molar-refractivity contribution in [1.29, 1.82) is 0 Å². The van der Waals surface area contributed by atoms with Crippen molar-refractivity contribution in [3.8, 4) is 11.5 Å². The number of halogens is 3. The highest BCUT2D eigenvalue weighted by molar-refractivity contribution is 6.33. The first kappa shape index (κ1) is 14.7. The van der Waals surface area contributed by atoms with Crippen molar-refractivity contribution < 1.29 is 32.6 Å². The molecule has 0 aliphatic rings. The number of benzene rings is 1. The Balaban J connectivity index is 3.12. The van der Waals surface area contributed by atoms with Crippen LogP contribution in [0.4, 0.5) is 13.2 Å². The van der Waals surface area contributed by atoms with Gasteiger partial charge < -0.3 is 19.4 Å². The molecule has 0 aliphatic heterocycles. The summed E-state index contributed by atoms with van der Waals surface area (Å²) in [6, 6.07) is 2.88. The van der Waals surface area contributed by atoms with Crippen LogP contribution in [0.1, 0.15) is 19.4 Å². The number of rotatable bonds is 4. The van der Waals surface area contributed by atoms with Crippen molar-refractivity contribution in [2.45, 2.75) is 26.1 Å². The van der Waals surface area contributed by atoms with E-state index in [9.17, 15) is 13.2 Å².